The maximum atomic E-state index is 11.6. The monoisotopic (exact) mass is 307 g/mol. The van der Waals surface area contributed by atoms with E-state index in [1.165, 1.54) is 12.1 Å². The number of amides is 1. The van der Waals surface area contributed by atoms with Gasteiger partial charge in [-0.05, 0) is 24.1 Å². The SMILES string of the molecule is CCCCOC(=O)N[C@@H](C(=O)O)c1ccc2oc(N)nc2c1. The first kappa shape index (κ1) is 15.6. The van der Waals surface area contributed by atoms with Gasteiger partial charge in [0, 0.05) is 0 Å². The molecular formula is C14H17N3O5. The van der Waals surface area contributed by atoms with E-state index in [-0.39, 0.29) is 12.6 Å². The molecule has 1 aromatic carbocycles. The fraction of sp³-hybridized carbons (Fsp3) is 0.357. The van der Waals surface area contributed by atoms with Crippen LogP contribution in [0.2, 0.25) is 0 Å². The lowest BCUT2D eigenvalue weighted by molar-refractivity contribution is -0.139. The molecule has 0 unspecified atom stereocenters. The van der Waals surface area contributed by atoms with Crippen molar-refractivity contribution in [3.05, 3.63) is 23.8 Å². The van der Waals surface area contributed by atoms with Crippen molar-refractivity contribution in [1.29, 1.82) is 0 Å². The summed E-state index contributed by atoms with van der Waals surface area (Å²) in [5.41, 5.74) is 6.65. The fourth-order valence-electron chi connectivity index (χ4n) is 1.90. The van der Waals surface area contributed by atoms with Gasteiger partial charge in [-0.15, -0.1) is 0 Å². The Morgan fingerprint density at radius 3 is 2.95 bits per heavy atom. The summed E-state index contributed by atoms with van der Waals surface area (Å²) in [7, 11) is 0. The van der Waals surface area contributed by atoms with Crippen molar-refractivity contribution in [3.8, 4) is 0 Å². The highest BCUT2D eigenvalue weighted by Gasteiger charge is 2.23. The Kier molecular flexibility index (Phi) is 4.82. The van der Waals surface area contributed by atoms with Crippen LogP contribution in [0.4, 0.5) is 10.8 Å². The van der Waals surface area contributed by atoms with Gasteiger partial charge in [0.2, 0.25) is 0 Å². The quantitative estimate of drug-likeness (QED) is 0.697. The fourth-order valence-corrected chi connectivity index (χ4v) is 1.90. The zero-order valence-corrected chi connectivity index (χ0v) is 12.0. The topological polar surface area (TPSA) is 128 Å². The predicted molar refractivity (Wildman–Crippen MR) is 78.2 cm³/mol. The predicted octanol–water partition coefficient (Wildman–Crippen LogP) is 2.06. The summed E-state index contributed by atoms with van der Waals surface area (Å²) in [6.45, 7) is 2.20. The number of hydrogen-bond acceptors (Lipinski definition) is 6. The Morgan fingerprint density at radius 1 is 1.50 bits per heavy atom. The van der Waals surface area contributed by atoms with Crippen molar-refractivity contribution in [2.75, 3.05) is 12.3 Å². The van der Waals surface area contributed by atoms with E-state index < -0.39 is 18.1 Å². The number of hydrogen-bond donors (Lipinski definition) is 3. The molecule has 8 nitrogen and oxygen atoms in total. The first-order chi connectivity index (χ1) is 10.5. The number of benzene rings is 1. The number of rotatable bonds is 6. The van der Waals surface area contributed by atoms with Gasteiger partial charge in [-0.3, -0.25) is 0 Å². The number of carbonyl (C=O) groups excluding carboxylic acids is 1. The highest BCUT2D eigenvalue weighted by Crippen LogP contribution is 2.22. The van der Waals surface area contributed by atoms with Crippen molar-refractivity contribution in [3.63, 3.8) is 0 Å². The molecule has 1 amide bonds. The molecule has 118 valence electrons. The molecule has 1 heterocycles. The number of carbonyl (C=O) groups is 2. The van der Waals surface area contributed by atoms with Gasteiger partial charge in [-0.1, -0.05) is 19.4 Å². The number of unbranched alkanes of at least 4 members (excludes halogenated alkanes) is 1. The van der Waals surface area contributed by atoms with Crippen LogP contribution in [0.25, 0.3) is 11.1 Å². The Hall–Kier alpha value is -2.77. The molecule has 4 N–H and O–H groups in total. The van der Waals surface area contributed by atoms with Crippen LogP contribution in [0.5, 0.6) is 0 Å². The molecule has 2 rings (SSSR count). The number of aromatic nitrogens is 1. The van der Waals surface area contributed by atoms with E-state index in [4.69, 9.17) is 14.9 Å². The number of aliphatic carboxylic acids is 1. The Bertz CT molecular complexity index is 682. The van der Waals surface area contributed by atoms with Crippen LogP contribution in [0, 0.1) is 0 Å². The minimum atomic E-state index is -1.24. The van der Waals surface area contributed by atoms with E-state index in [0.29, 0.717) is 16.7 Å². The number of nitrogens with two attached hydrogens (primary N) is 1. The van der Waals surface area contributed by atoms with Gasteiger partial charge in [0.15, 0.2) is 11.6 Å². The number of nitrogens with zero attached hydrogens (tertiary/aromatic N) is 1. The molecule has 22 heavy (non-hydrogen) atoms. The number of nitrogen functional groups attached to an aromatic ring is 1. The summed E-state index contributed by atoms with van der Waals surface area (Å²) >= 11 is 0. The van der Waals surface area contributed by atoms with Gasteiger partial charge >= 0.3 is 12.1 Å². The van der Waals surface area contributed by atoms with Gasteiger partial charge in [0.25, 0.3) is 6.01 Å². The molecule has 0 saturated heterocycles. The lowest BCUT2D eigenvalue weighted by Gasteiger charge is -2.14. The highest BCUT2D eigenvalue weighted by molar-refractivity contribution is 5.83. The molecule has 2 aromatic rings. The zero-order chi connectivity index (χ0) is 16.1. The van der Waals surface area contributed by atoms with Crippen LogP contribution in [-0.4, -0.2) is 28.8 Å². The maximum absolute atomic E-state index is 11.6. The van der Waals surface area contributed by atoms with Crippen LogP contribution in [0.1, 0.15) is 31.4 Å². The van der Waals surface area contributed by atoms with Gasteiger partial charge < -0.3 is 25.3 Å². The van der Waals surface area contributed by atoms with E-state index in [2.05, 4.69) is 10.3 Å². The average molecular weight is 307 g/mol. The summed E-state index contributed by atoms with van der Waals surface area (Å²) in [5.74, 6) is -1.21. The van der Waals surface area contributed by atoms with Gasteiger partial charge in [0.05, 0.1) is 6.61 Å². The molecule has 0 fully saturated rings. The molecule has 1 aromatic heterocycles. The van der Waals surface area contributed by atoms with E-state index >= 15 is 0 Å². The molecule has 0 radical (unpaired) electrons. The summed E-state index contributed by atoms with van der Waals surface area (Å²) < 4.78 is 10.0. The highest BCUT2D eigenvalue weighted by atomic mass is 16.5. The molecule has 0 aliphatic heterocycles. The second-order valence-corrected chi connectivity index (χ2v) is 4.68. The summed E-state index contributed by atoms with van der Waals surface area (Å²) in [4.78, 5) is 26.9. The summed E-state index contributed by atoms with van der Waals surface area (Å²) in [6, 6.07) is 3.33. The largest absolute Gasteiger partial charge is 0.479 e. The first-order valence-electron chi connectivity index (χ1n) is 6.83. The molecule has 0 aliphatic rings. The Labute approximate surface area is 126 Å². The van der Waals surface area contributed by atoms with Crippen LogP contribution >= 0.6 is 0 Å². The van der Waals surface area contributed by atoms with Crippen LogP contribution in [0.3, 0.4) is 0 Å². The number of fused-ring (bicyclic) bond motifs is 1. The second kappa shape index (κ2) is 6.79. The lowest BCUT2D eigenvalue weighted by Crippen LogP contribution is -2.34. The number of carboxylic acid groups (broad SMARTS) is 1. The lowest BCUT2D eigenvalue weighted by atomic mass is 10.1. The minimum Gasteiger partial charge on any atom is -0.479 e. The van der Waals surface area contributed by atoms with Crippen LogP contribution in [0.15, 0.2) is 22.6 Å². The van der Waals surface area contributed by atoms with Gasteiger partial charge in [-0.25, -0.2) is 9.59 Å². The first-order valence-corrected chi connectivity index (χ1v) is 6.83. The van der Waals surface area contributed by atoms with E-state index in [9.17, 15) is 14.7 Å². The Balaban J connectivity index is 2.15. The third-order valence-corrected chi connectivity index (χ3v) is 3.00. The van der Waals surface area contributed by atoms with Crippen LogP contribution in [-0.2, 0) is 9.53 Å². The number of ether oxygens (including phenoxy) is 1. The van der Waals surface area contributed by atoms with E-state index in [1.54, 1.807) is 6.07 Å². The number of nitrogens with one attached hydrogen (secondary N) is 1. The summed E-state index contributed by atoms with van der Waals surface area (Å²) in [6.07, 6.45) is 0.815. The van der Waals surface area contributed by atoms with Crippen molar-refractivity contribution in [1.82, 2.24) is 10.3 Å². The standard InChI is InChI=1S/C14H17N3O5/c1-2-3-6-21-14(20)17-11(12(18)19)8-4-5-10-9(7-8)16-13(15)22-10/h4-5,7,11H,2-3,6H2,1H3,(H2,15,16)(H,17,20)(H,18,19)/t11-/m1/s1. The minimum absolute atomic E-state index is 0.00837. The third-order valence-electron chi connectivity index (χ3n) is 3.00. The number of alkyl carbamates (subject to hydrolysis) is 1. The normalized spacial score (nSPS) is 12.0. The average Bonchev–Trinajstić information content (AvgIpc) is 2.83. The van der Waals surface area contributed by atoms with Crippen molar-refractivity contribution >= 4 is 29.2 Å². The van der Waals surface area contributed by atoms with Crippen molar-refractivity contribution < 1.29 is 23.8 Å². The molecule has 8 heteroatoms. The van der Waals surface area contributed by atoms with Crippen molar-refractivity contribution in [2.45, 2.75) is 25.8 Å². The second-order valence-electron chi connectivity index (χ2n) is 4.68. The smallest absolute Gasteiger partial charge is 0.408 e. The molecule has 1 atom stereocenters. The van der Waals surface area contributed by atoms with E-state index in [1.807, 2.05) is 6.92 Å². The Morgan fingerprint density at radius 2 is 2.27 bits per heavy atom. The van der Waals surface area contributed by atoms with Crippen LogP contribution < -0.4 is 11.1 Å². The van der Waals surface area contributed by atoms with Crippen molar-refractivity contribution in [2.24, 2.45) is 0 Å². The molecule has 0 saturated carbocycles. The van der Waals surface area contributed by atoms with Gasteiger partial charge in [0.1, 0.15) is 5.52 Å². The number of oxazole rings is 1. The van der Waals surface area contributed by atoms with Gasteiger partial charge in [-0.2, -0.15) is 4.98 Å². The van der Waals surface area contributed by atoms with E-state index in [0.717, 1.165) is 12.8 Å². The molecular weight excluding hydrogens is 290 g/mol. The third kappa shape index (κ3) is 3.66. The summed E-state index contributed by atoms with van der Waals surface area (Å²) in [5, 5.41) is 11.6. The number of carboxylic acids is 1. The zero-order valence-electron chi connectivity index (χ0n) is 12.0. The molecule has 0 spiro atoms. The maximum Gasteiger partial charge on any atom is 0.408 e. The molecule has 0 aliphatic carbocycles. The number of anilines is 1. The molecule has 0 bridgehead atoms.